The normalized spacial score (nSPS) is 10.1. The Bertz CT molecular complexity index is 1210. The van der Waals surface area contributed by atoms with Crippen molar-refractivity contribution in [2.24, 2.45) is 12.8 Å². The smallest absolute Gasteiger partial charge is 0.341 e. The van der Waals surface area contributed by atoms with Gasteiger partial charge in [0, 0.05) is 30.7 Å². The lowest BCUT2D eigenvalue weighted by atomic mass is 10.1. The van der Waals surface area contributed by atoms with Gasteiger partial charge in [0.25, 0.3) is 5.91 Å². The number of hydrogen-bond donors (Lipinski definition) is 4. The molecule has 0 saturated heterocycles. The molecule has 0 aromatic carbocycles. The summed E-state index contributed by atoms with van der Waals surface area (Å²) in [5, 5.41) is 27.7. The third kappa shape index (κ3) is 4.04. The van der Waals surface area contributed by atoms with Crippen molar-refractivity contribution in [3.05, 3.63) is 53.5 Å². The van der Waals surface area contributed by atoms with Crippen LogP contribution in [0.25, 0.3) is 11.4 Å². The zero-order valence-corrected chi connectivity index (χ0v) is 15.4. The van der Waals surface area contributed by atoms with E-state index in [9.17, 15) is 19.5 Å². The average molecular weight is 406 g/mol. The number of aryl methyl sites for hydroxylation is 1. The number of primary amides is 1. The summed E-state index contributed by atoms with van der Waals surface area (Å²) in [5.41, 5.74) is 5.36. The van der Waals surface area contributed by atoms with Gasteiger partial charge >= 0.3 is 12.0 Å². The molecular weight excluding hydrogens is 392 g/mol. The highest BCUT2D eigenvalue weighted by molar-refractivity contribution is 6.09. The molecule has 0 atom stereocenters. The minimum Gasteiger partial charge on any atom is -0.477 e. The molecule has 0 fully saturated rings. The first-order chi connectivity index (χ1) is 14.3. The van der Waals surface area contributed by atoms with Crippen molar-refractivity contribution in [3.63, 3.8) is 0 Å². The Morgan fingerprint density at radius 3 is 2.57 bits per heavy atom. The molecule has 3 aromatic heterocycles. The van der Waals surface area contributed by atoms with E-state index in [4.69, 9.17) is 11.0 Å². The van der Waals surface area contributed by atoms with Crippen LogP contribution in [0.5, 0.6) is 0 Å². The number of nitrogens with zero attached hydrogens (tertiary/aromatic N) is 5. The third-order valence-corrected chi connectivity index (χ3v) is 3.90. The number of carbonyl (C=O) groups is 3. The van der Waals surface area contributed by atoms with E-state index < -0.39 is 17.9 Å². The van der Waals surface area contributed by atoms with E-state index in [1.54, 1.807) is 0 Å². The van der Waals surface area contributed by atoms with Gasteiger partial charge in [-0.3, -0.25) is 14.5 Å². The van der Waals surface area contributed by atoms with Crippen LogP contribution in [0, 0.1) is 11.3 Å². The number of anilines is 2. The zero-order chi connectivity index (χ0) is 21.8. The van der Waals surface area contributed by atoms with Crippen molar-refractivity contribution < 1.29 is 19.5 Å². The molecule has 3 amide bonds. The molecular formula is C18H14N8O4. The van der Waals surface area contributed by atoms with Crippen molar-refractivity contribution in [2.75, 3.05) is 10.6 Å². The van der Waals surface area contributed by atoms with Gasteiger partial charge in [-0.15, -0.1) is 0 Å². The SMILES string of the molecule is Cn1nc(-c2cc(NC(N)=O)ccn2)c(C(=O)O)c1NC(=O)c1ccnc(C#N)c1. The summed E-state index contributed by atoms with van der Waals surface area (Å²) in [6.45, 7) is 0. The van der Waals surface area contributed by atoms with Gasteiger partial charge in [0.2, 0.25) is 0 Å². The number of nitriles is 1. The number of nitrogens with one attached hydrogen (secondary N) is 2. The van der Waals surface area contributed by atoms with Crippen LogP contribution in [0.15, 0.2) is 36.7 Å². The number of nitrogens with two attached hydrogens (primary N) is 1. The van der Waals surface area contributed by atoms with Crippen molar-refractivity contribution in [3.8, 4) is 17.5 Å². The maximum absolute atomic E-state index is 12.6. The quantitative estimate of drug-likeness (QED) is 0.486. The standard InChI is InChI=1S/C18H14N8O4/c1-26-15(24-16(27)9-2-4-21-11(6-9)8-19)13(17(28)29)14(25-26)12-7-10(3-5-22-12)23-18(20)30/h2-7H,1H3,(H,24,27)(H,28,29)(H3,20,22,23,30). The minimum absolute atomic E-state index is 0.0270. The molecule has 0 radical (unpaired) electrons. The van der Waals surface area contributed by atoms with Crippen LogP contribution in [0.3, 0.4) is 0 Å². The van der Waals surface area contributed by atoms with Gasteiger partial charge in [-0.05, 0) is 24.3 Å². The fraction of sp³-hybridized carbons (Fsp3) is 0.0556. The summed E-state index contributed by atoms with van der Waals surface area (Å²) in [6.07, 6.45) is 2.64. The Labute approximate surface area is 169 Å². The maximum Gasteiger partial charge on any atom is 0.341 e. The van der Waals surface area contributed by atoms with Crippen LogP contribution in [-0.4, -0.2) is 42.8 Å². The summed E-state index contributed by atoms with van der Waals surface area (Å²) in [6, 6.07) is 6.54. The van der Waals surface area contributed by atoms with E-state index >= 15 is 0 Å². The lowest BCUT2D eigenvalue weighted by molar-refractivity contribution is 0.0698. The first-order valence-corrected chi connectivity index (χ1v) is 8.31. The maximum atomic E-state index is 12.6. The number of carboxylic acid groups (broad SMARTS) is 1. The number of carbonyl (C=O) groups excluding carboxylic acids is 2. The summed E-state index contributed by atoms with van der Waals surface area (Å²) < 4.78 is 1.18. The molecule has 30 heavy (non-hydrogen) atoms. The van der Waals surface area contributed by atoms with Crippen LogP contribution in [0.1, 0.15) is 26.4 Å². The number of pyridine rings is 2. The Morgan fingerprint density at radius 1 is 1.17 bits per heavy atom. The van der Waals surface area contributed by atoms with Gasteiger partial charge in [-0.2, -0.15) is 10.4 Å². The highest BCUT2D eigenvalue weighted by atomic mass is 16.4. The molecule has 3 heterocycles. The van der Waals surface area contributed by atoms with Gasteiger partial charge in [-0.1, -0.05) is 0 Å². The topological polar surface area (TPSA) is 189 Å². The Hall–Kier alpha value is -4.79. The van der Waals surface area contributed by atoms with Gasteiger partial charge in [0.15, 0.2) is 0 Å². The Kier molecular flexibility index (Phi) is 5.37. The number of rotatable bonds is 5. The molecule has 150 valence electrons. The van der Waals surface area contributed by atoms with E-state index in [-0.39, 0.29) is 34.0 Å². The highest BCUT2D eigenvalue weighted by Crippen LogP contribution is 2.29. The summed E-state index contributed by atoms with van der Waals surface area (Å²) in [5.74, 6) is -2.09. The second-order valence-electron chi connectivity index (χ2n) is 5.92. The van der Waals surface area contributed by atoms with Gasteiger partial charge in [-0.25, -0.2) is 14.6 Å². The Balaban J connectivity index is 2.02. The Morgan fingerprint density at radius 2 is 1.90 bits per heavy atom. The van der Waals surface area contributed by atoms with Crippen LogP contribution < -0.4 is 16.4 Å². The molecule has 12 nitrogen and oxygen atoms in total. The number of aromatic nitrogens is 4. The number of hydrogen-bond acceptors (Lipinski definition) is 7. The molecule has 0 aliphatic carbocycles. The fourth-order valence-electron chi connectivity index (χ4n) is 2.64. The summed E-state index contributed by atoms with van der Waals surface area (Å²) in [7, 11) is 1.45. The monoisotopic (exact) mass is 406 g/mol. The third-order valence-electron chi connectivity index (χ3n) is 3.90. The van der Waals surface area contributed by atoms with Gasteiger partial charge in [0.05, 0.1) is 5.69 Å². The van der Waals surface area contributed by atoms with E-state index in [1.165, 1.54) is 48.4 Å². The predicted octanol–water partition coefficient (Wildman–Crippen LogP) is 1.19. The predicted molar refractivity (Wildman–Crippen MR) is 104 cm³/mol. The number of urea groups is 1. The second-order valence-corrected chi connectivity index (χ2v) is 5.92. The molecule has 12 heteroatoms. The van der Waals surface area contributed by atoms with E-state index in [0.717, 1.165) is 0 Å². The summed E-state index contributed by atoms with van der Waals surface area (Å²) >= 11 is 0. The van der Waals surface area contributed by atoms with Crippen molar-refractivity contribution in [1.29, 1.82) is 5.26 Å². The first-order valence-electron chi connectivity index (χ1n) is 8.31. The van der Waals surface area contributed by atoms with Crippen LogP contribution in [0.4, 0.5) is 16.3 Å². The molecule has 0 spiro atoms. The highest BCUT2D eigenvalue weighted by Gasteiger charge is 2.26. The molecule has 0 aliphatic heterocycles. The molecule has 3 rings (SSSR count). The molecule has 0 saturated carbocycles. The second kappa shape index (κ2) is 8.07. The number of amides is 3. The largest absolute Gasteiger partial charge is 0.477 e. The fourth-order valence-corrected chi connectivity index (χ4v) is 2.64. The van der Waals surface area contributed by atoms with Gasteiger partial charge in [0.1, 0.15) is 28.8 Å². The van der Waals surface area contributed by atoms with Crippen LogP contribution in [-0.2, 0) is 7.05 Å². The molecule has 3 aromatic rings. The van der Waals surface area contributed by atoms with Crippen molar-refractivity contribution >= 4 is 29.4 Å². The molecule has 0 aliphatic rings. The molecule has 0 unspecified atom stereocenters. The molecule has 0 bridgehead atoms. The minimum atomic E-state index is -1.35. The van der Waals surface area contributed by atoms with Crippen molar-refractivity contribution in [2.45, 2.75) is 0 Å². The van der Waals surface area contributed by atoms with Crippen LogP contribution >= 0.6 is 0 Å². The van der Waals surface area contributed by atoms with Gasteiger partial charge < -0.3 is 21.5 Å². The van der Waals surface area contributed by atoms with Crippen molar-refractivity contribution in [1.82, 2.24) is 19.7 Å². The van der Waals surface area contributed by atoms with E-state index in [1.807, 2.05) is 6.07 Å². The van der Waals surface area contributed by atoms with E-state index in [2.05, 4.69) is 25.7 Å². The first kappa shape index (κ1) is 20.0. The van der Waals surface area contributed by atoms with E-state index in [0.29, 0.717) is 5.69 Å². The lowest BCUT2D eigenvalue weighted by Gasteiger charge is -2.07. The lowest BCUT2D eigenvalue weighted by Crippen LogP contribution is -2.19. The average Bonchev–Trinajstić information content (AvgIpc) is 3.04. The zero-order valence-electron chi connectivity index (χ0n) is 15.4. The number of carboxylic acids is 1. The molecule has 5 N–H and O–H groups in total. The number of aromatic carboxylic acids is 1. The summed E-state index contributed by atoms with van der Waals surface area (Å²) in [4.78, 5) is 43.4. The van der Waals surface area contributed by atoms with Crippen LogP contribution in [0.2, 0.25) is 0 Å².